The number of aromatic nitrogens is 6. The molecule has 3 rings (SSSR count). The third-order valence-corrected chi connectivity index (χ3v) is 4.07. The summed E-state index contributed by atoms with van der Waals surface area (Å²) in [4.78, 5) is 11.4. The number of halogens is 3. The van der Waals surface area contributed by atoms with Crippen LogP contribution in [0.4, 0.5) is 13.2 Å². The molecular weight excluding hydrogens is 353 g/mol. The molecule has 0 aliphatic heterocycles. The van der Waals surface area contributed by atoms with E-state index in [0.29, 0.717) is 17.5 Å². The largest absolute Gasteiger partial charge is 0.433 e. The van der Waals surface area contributed by atoms with Crippen molar-refractivity contribution in [2.45, 2.75) is 36.4 Å². The van der Waals surface area contributed by atoms with Crippen LogP contribution in [0, 0.1) is 0 Å². The van der Waals surface area contributed by atoms with Gasteiger partial charge < -0.3 is 4.57 Å². The second-order valence-electron chi connectivity index (χ2n) is 5.02. The molecule has 0 aliphatic rings. The lowest BCUT2D eigenvalue weighted by Crippen LogP contribution is -2.09. The van der Waals surface area contributed by atoms with E-state index in [1.165, 1.54) is 0 Å². The van der Waals surface area contributed by atoms with E-state index in [2.05, 4.69) is 25.1 Å². The van der Waals surface area contributed by atoms with Crippen LogP contribution in [0.15, 0.2) is 47.1 Å². The molecule has 6 nitrogen and oxygen atoms in total. The molecule has 3 aromatic rings. The zero-order chi connectivity index (χ0) is 17.9. The lowest BCUT2D eigenvalue weighted by atomic mass is 10.2. The smallest absolute Gasteiger partial charge is 0.302 e. The number of hydrogen-bond donors (Lipinski definition) is 0. The molecule has 0 N–H and O–H groups in total. The van der Waals surface area contributed by atoms with Crippen LogP contribution in [0.5, 0.6) is 0 Å². The van der Waals surface area contributed by atoms with Gasteiger partial charge in [-0.3, -0.25) is 4.98 Å². The molecule has 0 saturated carbocycles. The molecule has 3 heterocycles. The highest BCUT2D eigenvalue weighted by atomic mass is 32.2. The van der Waals surface area contributed by atoms with Crippen LogP contribution in [0.1, 0.15) is 19.0 Å². The van der Waals surface area contributed by atoms with E-state index >= 15 is 0 Å². The van der Waals surface area contributed by atoms with Gasteiger partial charge in [-0.2, -0.15) is 13.2 Å². The molecule has 0 unspecified atom stereocenters. The van der Waals surface area contributed by atoms with Crippen LogP contribution in [0.2, 0.25) is 0 Å². The second kappa shape index (κ2) is 7.18. The summed E-state index contributed by atoms with van der Waals surface area (Å²) in [7, 11) is 0. The number of alkyl halides is 3. The Morgan fingerprint density at radius 1 is 1.08 bits per heavy atom. The molecule has 0 aromatic carbocycles. The summed E-state index contributed by atoms with van der Waals surface area (Å²) < 4.78 is 40.2. The lowest BCUT2D eigenvalue weighted by molar-refractivity contribution is -0.141. The standard InChI is InChI=1S/C15H13F3N6S/c1-2-9-24-12(10-3-6-19-7-4-10)22-23-14(24)25-13-20-8-5-11(21-13)15(16,17)18/h3-8H,2,9H2,1H3. The number of rotatable bonds is 5. The molecule has 0 fully saturated rings. The van der Waals surface area contributed by atoms with Gasteiger partial charge in [-0.1, -0.05) is 6.92 Å². The second-order valence-corrected chi connectivity index (χ2v) is 5.95. The van der Waals surface area contributed by atoms with E-state index in [9.17, 15) is 13.2 Å². The van der Waals surface area contributed by atoms with Crippen molar-refractivity contribution in [1.82, 2.24) is 29.7 Å². The highest BCUT2D eigenvalue weighted by Gasteiger charge is 2.33. The van der Waals surface area contributed by atoms with Crippen molar-refractivity contribution in [3.05, 3.63) is 42.5 Å². The Morgan fingerprint density at radius 3 is 2.52 bits per heavy atom. The molecule has 10 heteroatoms. The van der Waals surface area contributed by atoms with Gasteiger partial charge in [-0.25, -0.2) is 9.97 Å². The molecule has 0 spiro atoms. The zero-order valence-electron chi connectivity index (χ0n) is 13.1. The summed E-state index contributed by atoms with van der Waals surface area (Å²) in [6, 6.07) is 4.43. The molecule has 0 amide bonds. The van der Waals surface area contributed by atoms with Crippen molar-refractivity contribution in [2.24, 2.45) is 0 Å². The van der Waals surface area contributed by atoms with E-state index in [1.807, 2.05) is 11.5 Å². The summed E-state index contributed by atoms with van der Waals surface area (Å²) in [6.45, 7) is 2.61. The van der Waals surface area contributed by atoms with Gasteiger partial charge in [0, 0.05) is 30.7 Å². The molecule has 130 valence electrons. The number of pyridine rings is 1. The molecule has 0 bridgehead atoms. The van der Waals surface area contributed by atoms with E-state index in [1.54, 1.807) is 24.5 Å². The van der Waals surface area contributed by atoms with Gasteiger partial charge in [0.05, 0.1) is 0 Å². The van der Waals surface area contributed by atoms with Crippen LogP contribution in [0.25, 0.3) is 11.4 Å². The van der Waals surface area contributed by atoms with Crippen molar-refractivity contribution < 1.29 is 13.2 Å². The SMILES string of the molecule is CCCn1c(Sc2nccc(C(F)(F)F)n2)nnc1-c1ccncc1. The Morgan fingerprint density at radius 2 is 1.84 bits per heavy atom. The summed E-state index contributed by atoms with van der Waals surface area (Å²) >= 11 is 0.951. The van der Waals surface area contributed by atoms with Crippen LogP contribution in [-0.2, 0) is 12.7 Å². The van der Waals surface area contributed by atoms with Crippen molar-refractivity contribution in [3.8, 4) is 11.4 Å². The molecule has 25 heavy (non-hydrogen) atoms. The maximum absolute atomic E-state index is 12.8. The molecular formula is C15H13F3N6S. The van der Waals surface area contributed by atoms with E-state index < -0.39 is 11.9 Å². The van der Waals surface area contributed by atoms with Crippen LogP contribution in [0.3, 0.4) is 0 Å². The minimum atomic E-state index is -4.52. The van der Waals surface area contributed by atoms with E-state index in [0.717, 1.165) is 36.0 Å². The summed E-state index contributed by atoms with van der Waals surface area (Å²) in [5.74, 6) is 0.624. The van der Waals surface area contributed by atoms with Gasteiger partial charge in [0.2, 0.25) is 0 Å². The number of hydrogen-bond acceptors (Lipinski definition) is 6. The Labute approximate surface area is 145 Å². The Kier molecular flexibility index (Phi) is 4.98. The van der Waals surface area contributed by atoms with Gasteiger partial charge in [-0.05, 0) is 36.4 Å². The molecule has 0 radical (unpaired) electrons. The fraction of sp³-hybridized carbons (Fsp3) is 0.267. The monoisotopic (exact) mass is 366 g/mol. The average molecular weight is 366 g/mol. The van der Waals surface area contributed by atoms with Crippen molar-refractivity contribution in [1.29, 1.82) is 0 Å². The van der Waals surface area contributed by atoms with Crippen molar-refractivity contribution >= 4 is 11.8 Å². The first-order valence-corrected chi connectivity index (χ1v) is 8.22. The van der Waals surface area contributed by atoms with Crippen molar-refractivity contribution in [2.75, 3.05) is 0 Å². The highest BCUT2D eigenvalue weighted by Crippen LogP contribution is 2.31. The first kappa shape index (κ1) is 17.3. The third-order valence-electron chi connectivity index (χ3n) is 3.21. The highest BCUT2D eigenvalue weighted by molar-refractivity contribution is 7.99. The summed E-state index contributed by atoms with van der Waals surface area (Å²) in [6.07, 6.45) is 0.666. The predicted molar refractivity (Wildman–Crippen MR) is 84.7 cm³/mol. The maximum atomic E-state index is 12.8. The van der Waals surface area contributed by atoms with Crippen LogP contribution < -0.4 is 0 Å². The normalized spacial score (nSPS) is 11.7. The fourth-order valence-corrected chi connectivity index (χ4v) is 2.92. The third kappa shape index (κ3) is 3.95. The summed E-state index contributed by atoms with van der Waals surface area (Å²) in [5.41, 5.74) is -0.159. The minimum absolute atomic E-state index is 0.0270. The first-order chi connectivity index (χ1) is 12.0. The van der Waals surface area contributed by atoms with Crippen LogP contribution >= 0.6 is 11.8 Å². The minimum Gasteiger partial charge on any atom is -0.302 e. The van der Waals surface area contributed by atoms with Gasteiger partial charge in [0.15, 0.2) is 16.1 Å². The maximum Gasteiger partial charge on any atom is 0.433 e. The molecule has 3 aromatic heterocycles. The van der Waals surface area contributed by atoms with Crippen molar-refractivity contribution in [3.63, 3.8) is 0 Å². The lowest BCUT2D eigenvalue weighted by Gasteiger charge is -2.09. The summed E-state index contributed by atoms with van der Waals surface area (Å²) in [5, 5.41) is 8.66. The quantitative estimate of drug-likeness (QED) is 0.641. The number of nitrogens with zero attached hydrogens (tertiary/aromatic N) is 6. The molecule has 0 atom stereocenters. The predicted octanol–water partition coefficient (Wildman–Crippen LogP) is 3.71. The Bertz CT molecular complexity index is 850. The molecule has 0 saturated heterocycles. The fourth-order valence-electron chi connectivity index (χ4n) is 2.13. The molecule has 0 aliphatic carbocycles. The van der Waals surface area contributed by atoms with E-state index in [4.69, 9.17) is 0 Å². The van der Waals surface area contributed by atoms with Gasteiger partial charge in [0.1, 0.15) is 5.69 Å². The average Bonchev–Trinajstić information content (AvgIpc) is 2.98. The first-order valence-electron chi connectivity index (χ1n) is 7.40. The van der Waals surface area contributed by atoms with Gasteiger partial charge in [0.25, 0.3) is 0 Å². The zero-order valence-corrected chi connectivity index (χ0v) is 13.9. The topological polar surface area (TPSA) is 69.4 Å². The van der Waals surface area contributed by atoms with E-state index in [-0.39, 0.29) is 5.16 Å². The van der Waals surface area contributed by atoms with Gasteiger partial charge in [-0.15, -0.1) is 10.2 Å². The Hall–Kier alpha value is -2.49. The Balaban J connectivity index is 1.95. The van der Waals surface area contributed by atoms with Crippen LogP contribution in [-0.4, -0.2) is 29.7 Å². The van der Waals surface area contributed by atoms with Gasteiger partial charge >= 0.3 is 6.18 Å².